The van der Waals surface area contributed by atoms with Gasteiger partial charge in [0.05, 0.1) is 21.6 Å². The van der Waals surface area contributed by atoms with Crippen molar-refractivity contribution < 1.29 is 31.1 Å². The number of likely N-dealkylation sites (tertiary alicyclic amines) is 1. The molecule has 0 N–H and O–H groups in total. The van der Waals surface area contributed by atoms with Gasteiger partial charge in [0.2, 0.25) is 5.82 Å². The van der Waals surface area contributed by atoms with Crippen molar-refractivity contribution in [2.24, 2.45) is 0 Å². The minimum absolute atomic E-state index is 0.00451. The number of carbonyl (C=O) groups excluding carboxylic acids is 1. The number of fused-ring (bicyclic) bond motifs is 2. The fraction of sp³-hybridized carbons (Fsp3) is 0.517. The zero-order valence-electron chi connectivity index (χ0n) is 23.6. The highest BCUT2D eigenvalue weighted by molar-refractivity contribution is 7.91. The van der Waals surface area contributed by atoms with Crippen LogP contribution in [0.15, 0.2) is 41.7 Å². The fourth-order valence-electron chi connectivity index (χ4n) is 5.70. The predicted molar refractivity (Wildman–Crippen MR) is 151 cm³/mol. The molecule has 2 unspecified atom stereocenters. The summed E-state index contributed by atoms with van der Waals surface area (Å²) in [4.78, 5) is 28.6. The van der Waals surface area contributed by atoms with Crippen LogP contribution in [-0.2, 0) is 39.2 Å². The molecule has 1 saturated heterocycles. The lowest BCUT2D eigenvalue weighted by atomic mass is 9.83. The number of alkyl halides is 3. The van der Waals surface area contributed by atoms with Crippen molar-refractivity contribution in [1.82, 2.24) is 19.9 Å². The first kappa shape index (κ1) is 30.7. The van der Waals surface area contributed by atoms with Crippen molar-refractivity contribution in [3.8, 4) is 0 Å². The number of hydrogen-bond acceptors (Lipinski definition) is 9. The number of thiophene rings is 1. The van der Waals surface area contributed by atoms with E-state index >= 15 is 0 Å². The number of hydrogen-bond donors (Lipinski definition) is 0. The number of nitrogens with zero attached hydrogens (tertiary/aromatic N) is 4. The van der Waals surface area contributed by atoms with Gasteiger partial charge >= 0.3 is 6.18 Å². The number of halogens is 3. The molecule has 0 aromatic carbocycles. The summed E-state index contributed by atoms with van der Waals surface area (Å²) in [6.45, 7) is 6.90. The molecular weight excluding hydrogens is 589 g/mol. The summed E-state index contributed by atoms with van der Waals surface area (Å²) in [6.07, 6.45) is 2.04. The van der Waals surface area contributed by atoms with Crippen LogP contribution in [0.3, 0.4) is 0 Å². The van der Waals surface area contributed by atoms with E-state index in [2.05, 4.69) is 19.9 Å². The summed E-state index contributed by atoms with van der Waals surface area (Å²) < 4.78 is 69.2. The lowest BCUT2D eigenvalue weighted by molar-refractivity contribution is -0.145. The first-order valence-electron chi connectivity index (χ1n) is 14.0. The second-order valence-corrected chi connectivity index (χ2v) is 14.3. The first-order chi connectivity index (χ1) is 19.8. The molecule has 1 spiro atoms. The molecule has 3 aromatic rings. The lowest BCUT2D eigenvalue weighted by Gasteiger charge is -2.47. The summed E-state index contributed by atoms with van der Waals surface area (Å²) >= 11 is 1.49. The van der Waals surface area contributed by atoms with E-state index in [-0.39, 0.29) is 35.0 Å². The Labute approximate surface area is 247 Å². The minimum Gasteiger partial charge on any atom is -0.366 e. The SMILES string of the molecule is CCS(=O)(=O)c1ccc(CCC(=O)c2cc3c(s2)C2(CCN(C(C)c4cnc(C(F)(F)F)nc4)CC2)OC(C)C3)nc1. The number of ketones is 1. The van der Waals surface area contributed by atoms with Crippen LogP contribution in [0.4, 0.5) is 13.2 Å². The maximum Gasteiger partial charge on any atom is 0.451 e. The van der Waals surface area contributed by atoms with E-state index in [1.807, 2.05) is 19.9 Å². The number of carbonyl (C=O) groups is 1. The molecule has 5 rings (SSSR count). The molecule has 0 bridgehead atoms. The number of rotatable bonds is 8. The van der Waals surface area contributed by atoms with E-state index in [1.54, 1.807) is 13.0 Å². The Hall–Kier alpha value is -2.74. The number of ether oxygens (including phenoxy) is 1. The van der Waals surface area contributed by atoms with Gasteiger partial charge in [-0.2, -0.15) is 13.2 Å². The number of aryl methyl sites for hydroxylation is 1. The minimum atomic E-state index is -4.57. The van der Waals surface area contributed by atoms with Crippen LogP contribution in [0.25, 0.3) is 0 Å². The molecule has 0 radical (unpaired) electrons. The molecule has 42 heavy (non-hydrogen) atoms. The molecule has 8 nitrogen and oxygen atoms in total. The Kier molecular flexibility index (Phi) is 8.58. The molecule has 2 aliphatic rings. The van der Waals surface area contributed by atoms with Crippen molar-refractivity contribution in [2.45, 2.75) is 81.7 Å². The van der Waals surface area contributed by atoms with Crippen molar-refractivity contribution >= 4 is 27.0 Å². The zero-order chi connectivity index (χ0) is 30.3. The Balaban J connectivity index is 1.25. The second-order valence-electron chi connectivity index (χ2n) is 11.0. The Morgan fingerprint density at radius 3 is 2.45 bits per heavy atom. The zero-order valence-corrected chi connectivity index (χ0v) is 25.3. The standard InChI is InChI=1S/C29H33F3N4O4S2/c1-4-42(38,39)23-7-5-22(33-17-23)6-8-24(37)25-14-20-13-18(2)40-28(26(20)41-25)9-11-36(12-10-28)19(3)21-15-34-27(35-16-21)29(30,31)32/h5,7,14-19H,4,6,8-13H2,1-3H3. The largest absolute Gasteiger partial charge is 0.451 e. The van der Waals surface area contributed by atoms with Gasteiger partial charge < -0.3 is 4.74 Å². The number of Topliss-reactive ketones (excluding diaryl/α,β-unsaturated/α-hetero) is 1. The van der Waals surface area contributed by atoms with Gasteiger partial charge in [-0.3, -0.25) is 14.7 Å². The van der Waals surface area contributed by atoms with Crippen LogP contribution in [0.2, 0.25) is 0 Å². The van der Waals surface area contributed by atoms with Crippen molar-refractivity contribution in [3.63, 3.8) is 0 Å². The Morgan fingerprint density at radius 1 is 1.17 bits per heavy atom. The van der Waals surface area contributed by atoms with Gasteiger partial charge in [-0.1, -0.05) is 6.92 Å². The monoisotopic (exact) mass is 622 g/mol. The molecular formula is C29H33F3N4O4S2. The van der Waals surface area contributed by atoms with Crippen LogP contribution < -0.4 is 0 Å². The molecule has 0 aliphatic carbocycles. The predicted octanol–water partition coefficient (Wildman–Crippen LogP) is 5.57. The molecule has 0 amide bonds. The van der Waals surface area contributed by atoms with Crippen LogP contribution in [0.5, 0.6) is 0 Å². The fourth-order valence-corrected chi connectivity index (χ4v) is 7.87. The molecule has 226 valence electrons. The van der Waals surface area contributed by atoms with Gasteiger partial charge in [0.1, 0.15) is 5.60 Å². The second kappa shape index (κ2) is 11.7. The lowest BCUT2D eigenvalue weighted by Crippen LogP contribution is -2.48. The van der Waals surface area contributed by atoms with Gasteiger partial charge in [0.15, 0.2) is 15.6 Å². The third-order valence-electron chi connectivity index (χ3n) is 8.14. The molecule has 2 atom stereocenters. The van der Waals surface area contributed by atoms with Crippen LogP contribution in [-0.4, -0.2) is 59.0 Å². The van der Waals surface area contributed by atoms with E-state index in [0.29, 0.717) is 48.5 Å². The maximum atomic E-state index is 13.2. The van der Waals surface area contributed by atoms with Gasteiger partial charge in [-0.05, 0) is 63.3 Å². The number of piperidine rings is 1. The van der Waals surface area contributed by atoms with Crippen molar-refractivity contribution in [3.05, 3.63) is 69.2 Å². The van der Waals surface area contributed by atoms with Crippen molar-refractivity contribution in [2.75, 3.05) is 18.8 Å². The van der Waals surface area contributed by atoms with E-state index in [9.17, 15) is 26.4 Å². The first-order valence-corrected chi connectivity index (χ1v) is 16.4. The van der Waals surface area contributed by atoms with Gasteiger partial charge in [-0.15, -0.1) is 11.3 Å². The molecule has 3 aromatic heterocycles. The Bertz CT molecular complexity index is 1530. The average Bonchev–Trinajstić information content (AvgIpc) is 3.41. The average molecular weight is 623 g/mol. The van der Waals surface area contributed by atoms with E-state index in [0.717, 1.165) is 16.9 Å². The van der Waals surface area contributed by atoms with E-state index < -0.39 is 27.4 Å². The highest BCUT2D eigenvalue weighted by Crippen LogP contribution is 2.48. The number of aromatic nitrogens is 3. The normalized spacial score (nSPS) is 19.9. The molecule has 13 heteroatoms. The summed E-state index contributed by atoms with van der Waals surface area (Å²) in [7, 11) is -3.32. The number of pyridine rings is 1. The quantitative estimate of drug-likeness (QED) is 0.301. The highest BCUT2D eigenvalue weighted by Gasteiger charge is 2.45. The molecule has 0 saturated carbocycles. The summed E-state index contributed by atoms with van der Waals surface area (Å²) in [6, 6.07) is 5.03. The molecule has 5 heterocycles. The van der Waals surface area contributed by atoms with Crippen LogP contribution in [0, 0.1) is 0 Å². The van der Waals surface area contributed by atoms with E-state index in [1.165, 1.54) is 36.0 Å². The molecule has 1 fully saturated rings. The highest BCUT2D eigenvalue weighted by atomic mass is 32.2. The summed E-state index contributed by atoms with van der Waals surface area (Å²) in [5, 5.41) is 0. The van der Waals surface area contributed by atoms with Crippen LogP contribution in [0.1, 0.15) is 83.3 Å². The van der Waals surface area contributed by atoms with E-state index in [4.69, 9.17) is 4.74 Å². The van der Waals surface area contributed by atoms with Gasteiger partial charge in [0.25, 0.3) is 0 Å². The van der Waals surface area contributed by atoms with Crippen LogP contribution >= 0.6 is 11.3 Å². The summed E-state index contributed by atoms with van der Waals surface area (Å²) in [5.74, 6) is -1.13. The van der Waals surface area contributed by atoms with Crippen molar-refractivity contribution in [1.29, 1.82) is 0 Å². The Morgan fingerprint density at radius 2 is 1.86 bits per heavy atom. The number of sulfone groups is 1. The van der Waals surface area contributed by atoms with Gasteiger partial charge in [-0.25, -0.2) is 18.4 Å². The third-order valence-corrected chi connectivity index (χ3v) is 11.3. The summed E-state index contributed by atoms with van der Waals surface area (Å²) in [5.41, 5.74) is 1.91. The third kappa shape index (κ3) is 6.29. The van der Waals surface area contributed by atoms with Gasteiger partial charge in [0, 0.05) is 60.3 Å². The smallest absolute Gasteiger partial charge is 0.366 e. The maximum absolute atomic E-state index is 13.2. The topological polar surface area (TPSA) is 102 Å². The molecule has 2 aliphatic heterocycles.